The lowest BCUT2D eigenvalue weighted by Gasteiger charge is -2.23. The fourth-order valence-corrected chi connectivity index (χ4v) is 1.73. The highest BCUT2D eigenvalue weighted by atomic mass is 16.1. The number of hydrogen-bond acceptors (Lipinski definition) is 2. The van der Waals surface area contributed by atoms with E-state index < -0.39 is 0 Å². The van der Waals surface area contributed by atoms with Gasteiger partial charge in [0.05, 0.1) is 0 Å². The van der Waals surface area contributed by atoms with Gasteiger partial charge in [0, 0.05) is 24.5 Å². The standard InChI is InChI=1S/C13H13NO/c1-10(15)9-11-7-8-14(2)13-6-4-3-5-12(11)13/h3-9H,1-2H3/b11-9+. The number of rotatable bonds is 1. The molecule has 0 spiro atoms. The van der Waals surface area contributed by atoms with Crippen molar-refractivity contribution in [2.24, 2.45) is 0 Å². The molecule has 2 nitrogen and oxygen atoms in total. The number of carbonyl (C=O) groups is 1. The molecule has 0 saturated carbocycles. The molecule has 0 atom stereocenters. The smallest absolute Gasteiger partial charge is 0.153 e. The summed E-state index contributed by atoms with van der Waals surface area (Å²) in [6.45, 7) is 1.57. The minimum absolute atomic E-state index is 0.0778. The van der Waals surface area contributed by atoms with Crippen LogP contribution >= 0.6 is 0 Å². The summed E-state index contributed by atoms with van der Waals surface area (Å²) >= 11 is 0. The third-order valence-corrected chi connectivity index (χ3v) is 2.43. The van der Waals surface area contributed by atoms with Crippen LogP contribution < -0.4 is 4.90 Å². The van der Waals surface area contributed by atoms with Crippen LogP contribution in [0.1, 0.15) is 12.5 Å². The predicted molar refractivity (Wildman–Crippen MR) is 62.6 cm³/mol. The maximum absolute atomic E-state index is 11.1. The van der Waals surface area contributed by atoms with E-state index in [0.29, 0.717) is 0 Å². The third-order valence-electron chi connectivity index (χ3n) is 2.43. The van der Waals surface area contributed by atoms with Crippen molar-refractivity contribution >= 4 is 17.0 Å². The van der Waals surface area contributed by atoms with E-state index in [4.69, 9.17) is 0 Å². The maximum atomic E-state index is 11.1. The van der Waals surface area contributed by atoms with Gasteiger partial charge < -0.3 is 4.90 Å². The maximum Gasteiger partial charge on any atom is 0.153 e. The van der Waals surface area contributed by atoms with Crippen LogP contribution in [0.3, 0.4) is 0 Å². The Morgan fingerprint density at radius 2 is 2.07 bits per heavy atom. The largest absolute Gasteiger partial charge is 0.351 e. The fourth-order valence-electron chi connectivity index (χ4n) is 1.73. The van der Waals surface area contributed by atoms with E-state index in [-0.39, 0.29) is 5.78 Å². The van der Waals surface area contributed by atoms with Crippen molar-refractivity contribution in [3.8, 4) is 0 Å². The Labute approximate surface area is 89.5 Å². The lowest BCUT2D eigenvalue weighted by atomic mass is 9.99. The van der Waals surface area contributed by atoms with Gasteiger partial charge in [-0.3, -0.25) is 4.79 Å². The van der Waals surface area contributed by atoms with Gasteiger partial charge >= 0.3 is 0 Å². The molecule has 0 bridgehead atoms. The molecular formula is C13H13NO. The summed E-state index contributed by atoms with van der Waals surface area (Å²) in [7, 11) is 2.00. The van der Waals surface area contributed by atoms with Crippen molar-refractivity contribution in [1.29, 1.82) is 0 Å². The Bertz CT molecular complexity index is 457. The van der Waals surface area contributed by atoms with Gasteiger partial charge in [0.1, 0.15) is 0 Å². The van der Waals surface area contributed by atoms with Gasteiger partial charge in [-0.1, -0.05) is 18.2 Å². The Kier molecular flexibility index (Phi) is 2.42. The summed E-state index contributed by atoms with van der Waals surface area (Å²) in [6, 6.07) is 8.07. The molecule has 0 amide bonds. The summed E-state index contributed by atoms with van der Waals surface area (Å²) in [5, 5.41) is 0. The molecule has 1 heterocycles. The molecule has 2 rings (SSSR count). The molecule has 2 heteroatoms. The molecule has 0 aromatic heterocycles. The highest BCUT2D eigenvalue weighted by molar-refractivity contribution is 6.00. The molecule has 0 radical (unpaired) electrons. The van der Waals surface area contributed by atoms with Crippen LogP contribution in [0.2, 0.25) is 0 Å². The molecule has 76 valence electrons. The Morgan fingerprint density at radius 1 is 1.33 bits per heavy atom. The molecule has 0 unspecified atom stereocenters. The summed E-state index contributed by atoms with van der Waals surface area (Å²) in [5.41, 5.74) is 3.22. The van der Waals surface area contributed by atoms with Crippen molar-refractivity contribution in [2.45, 2.75) is 6.92 Å². The molecule has 1 aliphatic rings. The molecule has 1 aliphatic heterocycles. The topological polar surface area (TPSA) is 20.3 Å². The molecule has 0 fully saturated rings. The van der Waals surface area contributed by atoms with E-state index in [1.807, 2.05) is 48.5 Å². The van der Waals surface area contributed by atoms with E-state index in [0.717, 1.165) is 16.8 Å². The van der Waals surface area contributed by atoms with Crippen LogP contribution in [0.5, 0.6) is 0 Å². The fraction of sp³-hybridized carbons (Fsp3) is 0.154. The number of carbonyl (C=O) groups excluding carboxylic acids is 1. The number of benzene rings is 1. The zero-order valence-corrected chi connectivity index (χ0v) is 8.90. The van der Waals surface area contributed by atoms with E-state index in [1.165, 1.54) is 0 Å². The molecule has 0 N–H and O–H groups in total. The van der Waals surface area contributed by atoms with Gasteiger partial charge in [-0.15, -0.1) is 0 Å². The number of hydrogen-bond donors (Lipinski definition) is 0. The first-order valence-corrected chi connectivity index (χ1v) is 4.91. The minimum Gasteiger partial charge on any atom is -0.351 e. The van der Waals surface area contributed by atoms with Crippen molar-refractivity contribution in [3.05, 3.63) is 48.2 Å². The first-order chi connectivity index (χ1) is 7.18. The first kappa shape index (κ1) is 9.71. The number of ketones is 1. The molecular weight excluding hydrogens is 186 g/mol. The van der Waals surface area contributed by atoms with Crippen molar-refractivity contribution in [1.82, 2.24) is 0 Å². The number of nitrogens with zero attached hydrogens (tertiary/aromatic N) is 1. The van der Waals surface area contributed by atoms with Crippen LogP contribution in [0.15, 0.2) is 42.6 Å². The van der Waals surface area contributed by atoms with Crippen LogP contribution in [-0.2, 0) is 4.79 Å². The zero-order valence-electron chi connectivity index (χ0n) is 8.90. The quantitative estimate of drug-likeness (QED) is 0.648. The second-order valence-corrected chi connectivity index (χ2v) is 3.65. The average molecular weight is 199 g/mol. The highest BCUT2D eigenvalue weighted by Gasteiger charge is 2.12. The van der Waals surface area contributed by atoms with E-state index in [2.05, 4.69) is 0 Å². The minimum atomic E-state index is 0.0778. The number of fused-ring (bicyclic) bond motifs is 1. The zero-order chi connectivity index (χ0) is 10.8. The van der Waals surface area contributed by atoms with Crippen LogP contribution in [0, 0.1) is 0 Å². The van der Waals surface area contributed by atoms with E-state index >= 15 is 0 Å². The lowest BCUT2D eigenvalue weighted by molar-refractivity contribution is -0.112. The van der Waals surface area contributed by atoms with E-state index in [9.17, 15) is 4.79 Å². The third kappa shape index (κ3) is 1.84. The number of anilines is 1. The molecule has 1 aromatic rings. The summed E-state index contributed by atoms with van der Waals surface area (Å²) in [5.74, 6) is 0.0778. The van der Waals surface area contributed by atoms with Gasteiger partial charge in [0.15, 0.2) is 5.78 Å². The SMILES string of the molecule is CC(=O)/C=C1\C=CN(C)c2ccccc21. The molecule has 0 aliphatic carbocycles. The van der Waals surface area contributed by atoms with Crippen molar-refractivity contribution in [2.75, 3.05) is 11.9 Å². The Morgan fingerprint density at radius 3 is 2.80 bits per heavy atom. The molecule has 1 aromatic carbocycles. The predicted octanol–water partition coefficient (Wildman–Crippen LogP) is 2.62. The van der Waals surface area contributed by atoms with Crippen LogP contribution in [-0.4, -0.2) is 12.8 Å². The average Bonchev–Trinajstić information content (AvgIpc) is 2.22. The summed E-state index contributed by atoms with van der Waals surface area (Å²) in [6.07, 6.45) is 5.60. The van der Waals surface area contributed by atoms with Gasteiger partial charge in [0.2, 0.25) is 0 Å². The second kappa shape index (κ2) is 3.73. The van der Waals surface area contributed by atoms with Gasteiger partial charge in [0.25, 0.3) is 0 Å². The van der Waals surface area contributed by atoms with E-state index in [1.54, 1.807) is 13.0 Å². The highest BCUT2D eigenvalue weighted by Crippen LogP contribution is 2.31. The first-order valence-electron chi connectivity index (χ1n) is 4.91. The number of allylic oxidation sites excluding steroid dienone is 3. The summed E-state index contributed by atoms with van der Waals surface area (Å²) < 4.78 is 0. The lowest BCUT2D eigenvalue weighted by Crippen LogP contribution is -2.13. The van der Waals surface area contributed by atoms with Gasteiger partial charge in [-0.05, 0) is 30.7 Å². The molecule has 0 saturated heterocycles. The van der Waals surface area contributed by atoms with Gasteiger partial charge in [-0.25, -0.2) is 0 Å². The molecule has 15 heavy (non-hydrogen) atoms. The van der Waals surface area contributed by atoms with Crippen molar-refractivity contribution < 1.29 is 4.79 Å². The normalized spacial score (nSPS) is 16.7. The Balaban J connectivity index is 2.55. The Hall–Kier alpha value is -1.83. The second-order valence-electron chi connectivity index (χ2n) is 3.65. The van der Waals surface area contributed by atoms with Crippen LogP contribution in [0.4, 0.5) is 5.69 Å². The number of para-hydroxylation sites is 1. The van der Waals surface area contributed by atoms with Crippen LogP contribution in [0.25, 0.3) is 5.57 Å². The van der Waals surface area contributed by atoms with Gasteiger partial charge in [-0.2, -0.15) is 0 Å². The van der Waals surface area contributed by atoms with Crippen molar-refractivity contribution in [3.63, 3.8) is 0 Å². The monoisotopic (exact) mass is 199 g/mol. The summed E-state index contributed by atoms with van der Waals surface area (Å²) in [4.78, 5) is 13.1.